The molecule has 5 aliphatic carbocycles. The molecule has 132 valence electrons. The summed E-state index contributed by atoms with van der Waals surface area (Å²) in [5.74, 6) is 0.214. The number of carbonyl (C=O) groups is 2. The summed E-state index contributed by atoms with van der Waals surface area (Å²) in [7, 11) is 0. The first kappa shape index (κ1) is 16.2. The molecule has 5 aliphatic rings. The van der Waals surface area contributed by atoms with Gasteiger partial charge in [-0.05, 0) is 81.5 Å². The number of carbonyl (C=O) groups excluding carboxylic acids is 2. The van der Waals surface area contributed by atoms with Crippen LogP contribution in [0.4, 0.5) is 0 Å². The molecule has 0 radical (unpaired) electrons. The Hall–Kier alpha value is -1.32. The van der Waals surface area contributed by atoms with Crippen molar-refractivity contribution in [2.45, 2.75) is 64.3 Å². The van der Waals surface area contributed by atoms with Gasteiger partial charge in [-0.2, -0.15) is 0 Å². The average molecular weight is 330 g/mol. The number of carboxylic acids is 1. The second kappa shape index (κ2) is 5.89. The lowest BCUT2D eigenvalue weighted by Crippen LogP contribution is -2.57. The van der Waals surface area contributed by atoms with Gasteiger partial charge in [-0.3, -0.25) is 4.79 Å². The van der Waals surface area contributed by atoms with Crippen LogP contribution in [-0.4, -0.2) is 17.9 Å². The minimum Gasteiger partial charge on any atom is -0.550 e. The van der Waals surface area contributed by atoms with Crippen molar-refractivity contribution in [1.29, 1.82) is 0 Å². The molecule has 0 aromatic carbocycles. The van der Waals surface area contributed by atoms with E-state index in [2.05, 4.69) is 12.2 Å². The van der Waals surface area contributed by atoms with Crippen molar-refractivity contribution in [2.75, 3.05) is 0 Å². The molecule has 4 saturated carbocycles. The smallest absolute Gasteiger partial charge is 0.224 e. The Labute approximate surface area is 144 Å². The van der Waals surface area contributed by atoms with Gasteiger partial charge in [0.05, 0.1) is 0 Å². The number of carboxylic acid groups (broad SMARTS) is 1. The molecule has 0 spiro atoms. The van der Waals surface area contributed by atoms with Crippen molar-refractivity contribution in [1.82, 2.24) is 5.32 Å². The van der Waals surface area contributed by atoms with E-state index < -0.39 is 17.8 Å². The maximum Gasteiger partial charge on any atom is 0.224 e. The fourth-order valence-corrected chi connectivity index (χ4v) is 6.55. The number of hydrogen-bond acceptors (Lipinski definition) is 3. The first-order valence-corrected chi connectivity index (χ1v) is 9.63. The van der Waals surface area contributed by atoms with Crippen LogP contribution in [0.15, 0.2) is 12.2 Å². The topological polar surface area (TPSA) is 69.2 Å². The summed E-state index contributed by atoms with van der Waals surface area (Å²) in [5.41, 5.74) is 0.256. The summed E-state index contributed by atoms with van der Waals surface area (Å²) < 4.78 is 0. The minimum atomic E-state index is -1.10. The van der Waals surface area contributed by atoms with Crippen LogP contribution in [0.5, 0.6) is 0 Å². The second-order valence-corrected chi connectivity index (χ2v) is 8.99. The molecule has 24 heavy (non-hydrogen) atoms. The van der Waals surface area contributed by atoms with Crippen LogP contribution >= 0.6 is 0 Å². The Kier molecular flexibility index (Phi) is 3.97. The highest BCUT2D eigenvalue weighted by Crippen LogP contribution is 2.61. The van der Waals surface area contributed by atoms with Gasteiger partial charge in [0.2, 0.25) is 5.91 Å². The third kappa shape index (κ3) is 2.68. The predicted molar refractivity (Wildman–Crippen MR) is 88.6 cm³/mol. The lowest BCUT2D eigenvalue weighted by Gasteiger charge is -2.59. The number of aliphatic carboxylic acids is 1. The van der Waals surface area contributed by atoms with Crippen LogP contribution in [0, 0.1) is 35.0 Å². The van der Waals surface area contributed by atoms with Crippen molar-refractivity contribution >= 4 is 11.9 Å². The van der Waals surface area contributed by atoms with Crippen molar-refractivity contribution in [2.24, 2.45) is 35.0 Å². The molecule has 1 amide bonds. The van der Waals surface area contributed by atoms with E-state index >= 15 is 0 Å². The number of hydrogen-bond donors (Lipinski definition) is 1. The highest BCUT2D eigenvalue weighted by molar-refractivity contribution is 5.85. The Morgan fingerprint density at radius 1 is 1.00 bits per heavy atom. The highest BCUT2D eigenvalue weighted by atomic mass is 16.4. The molecule has 1 N–H and O–H groups in total. The quantitative estimate of drug-likeness (QED) is 0.802. The Balaban J connectivity index is 1.46. The van der Waals surface area contributed by atoms with E-state index in [1.165, 1.54) is 38.5 Å². The molecule has 5 rings (SSSR count). The number of allylic oxidation sites excluding steroid dienone is 2. The van der Waals surface area contributed by atoms with Crippen molar-refractivity contribution in [3.05, 3.63) is 12.2 Å². The van der Waals surface area contributed by atoms with Crippen molar-refractivity contribution in [3.63, 3.8) is 0 Å². The molecule has 4 heteroatoms. The van der Waals surface area contributed by atoms with Gasteiger partial charge in [0.1, 0.15) is 0 Å². The zero-order valence-corrected chi connectivity index (χ0v) is 14.5. The maximum atomic E-state index is 12.8. The Morgan fingerprint density at radius 3 is 2.00 bits per heavy atom. The first-order valence-electron chi connectivity index (χ1n) is 9.63. The minimum absolute atomic E-state index is 0.0863. The van der Waals surface area contributed by atoms with Gasteiger partial charge in [0, 0.05) is 23.8 Å². The van der Waals surface area contributed by atoms with Crippen LogP contribution in [0.1, 0.15) is 58.3 Å². The molecule has 4 nitrogen and oxygen atoms in total. The van der Waals surface area contributed by atoms with Gasteiger partial charge in [0.15, 0.2) is 0 Å². The van der Waals surface area contributed by atoms with E-state index in [-0.39, 0.29) is 17.4 Å². The van der Waals surface area contributed by atoms with Gasteiger partial charge < -0.3 is 15.2 Å². The highest BCUT2D eigenvalue weighted by Gasteiger charge is 2.53. The molecule has 0 unspecified atom stereocenters. The largest absolute Gasteiger partial charge is 0.550 e. The molecule has 3 atom stereocenters. The van der Waals surface area contributed by atoms with Gasteiger partial charge >= 0.3 is 0 Å². The number of amides is 1. The zero-order chi connectivity index (χ0) is 16.9. The molecule has 0 aromatic heterocycles. The molecular formula is C20H28NO3-. The molecule has 0 saturated heterocycles. The summed E-state index contributed by atoms with van der Waals surface area (Å²) >= 11 is 0. The molecule has 0 aliphatic heterocycles. The normalized spacial score (nSPS) is 44.3. The van der Waals surface area contributed by atoms with Gasteiger partial charge in [-0.1, -0.05) is 12.2 Å². The van der Waals surface area contributed by atoms with Crippen LogP contribution in [0.25, 0.3) is 0 Å². The van der Waals surface area contributed by atoms with Crippen LogP contribution in [-0.2, 0) is 9.59 Å². The summed E-state index contributed by atoms with van der Waals surface area (Å²) in [6.45, 7) is 2.15. The standard InChI is InChI=1S/C20H29NO3/c1-12(20-9-13-6-14(10-20)8-15(7-13)11-20)21-18(22)16-4-2-3-5-17(16)19(23)24/h2-3,12-17H,4-11H2,1H3,(H,21,22)(H,23,24)/p-1/t12-,13?,14?,15?,16+,17+,20?/m1/s1. The second-order valence-electron chi connectivity index (χ2n) is 8.99. The maximum absolute atomic E-state index is 12.8. The Bertz CT molecular complexity index is 532. The number of rotatable bonds is 4. The molecule has 0 aromatic rings. The lowest BCUT2D eigenvalue weighted by molar-refractivity contribution is -0.313. The van der Waals surface area contributed by atoms with Gasteiger partial charge in [0.25, 0.3) is 0 Å². The van der Waals surface area contributed by atoms with E-state index in [0.29, 0.717) is 12.8 Å². The predicted octanol–water partition coefficient (Wildman–Crippen LogP) is 2.04. The lowest BCUT2D eigenvalue weighted by atomic mass is 9.48. The summed E-state index contributed by atoms with van der Waals surface area (Å²) in [4.78, 5) is 24.1. The molecule has 4 fully saturated rings. The molecule has 0 heterocycles. The van der Waals surface area contributed by atoms with E-state index in [1.807, 2.05) is 12.2 Å². The van der Waals surface area contributed by atoms with E-state index in [1.54, 1.807) is 0 Å². The summed E-state index contributed by atoms with van der Waals surface area (Å²) in [6, 6.07) is 0.145. The van der Waals surface area contributed by atoms with Gasteiger partial charge in [-0.25, -0.2) is 0 Å². The van der Waals surface area contributed by atoms with Crippen LogP contribution < -0.4 is 10.4 Å². The summed E-state index contributed by atoms with van der Waals surface area (Å²) in [5, 5.41) is 14.6. The fourth-order valence-electron chi connectivity index (χ4n) is 6.55. The SMILES string of the molecule is C[C@@H](NC(=O)[C@H]1CC=CC[C@@H]1C(=O)[O-])C12CC3CC(CC(C3)C1)C2. The monoisotopic (exact) mass is 330 g/mol. The third-order valence-electron chi connectivity index (χ3n) is 7.43. The van der Waals surface area contributed by atoms with Crippen molar-refractivity contribution < 1.29 is 14.7 Å². The molecular weight excluding hydrogens is 302 g/mol. The van der Waals surface area contributed by atoms with Crippen LogP contribution in [0.3, 0.4) is 0 Å². The average Bonchev–Trinajstić information content (AvgIpc) is 2.53. The summed E-state index contributed by atoms with van der Waals surface area (Å²) in [6.07, 6.45) is 12.6. The van der Waals surface area contributed by atoms with E-state index in [0.717, 1.165) is 17.8 Å². The number of nitrogens with one attached hydrogen (secondary N) is 1. The van der Waals surface area contributed by atoms with Crippen LogP contribution in [0.2, 0.25) is 0 Å². The first-order chi connectivity index (χ1) is 11.5. The van der Waals surface area contributed by atoms with Gasteiger partial charge in [-0.15, -0.1) is 0 Å². The molecule has 4 bridgehead atoms. The fraction of sp³-hybridized carbons (Fsp3) is 0.800. The van der Waals surface area contributed by atoms with Crippen molar-refractivity contribution in [3.8, 4) is 0 Å². The zero-order valence-electron chi connectivity index (χ0n) is 14.5. The van der Waals surface area contributed by atoms with E-state index in [9.17, 15) is 14.7 Å². The Morgan fingerprint density at radius 2 is 1.50 bits per heavy atom. The third-order valence-corrected chi connectivity index (χ3v) is 7.43. The van der Waals surface area contributed by atoms with E-state index in [4.69, 9.17) is 0 Å².